The zero-order valence-corrected chi connectivity index (χ0v) is 17.2. The van der Waals surface area contributed by atoms with Crippen molar-refractivity contribution in [1.29, 1.82) is 0 Å². The van der Waals surface area contributed by atoms with Crippen LogP contribution in [-0.2, 0) is 26.4 Å². The smallest absolute Gasteiger partial charge is 0.411 e. The molecule has 1 aliphatic rings. The molecule has 1 aromatic carbocycles. The van der Waals surface area contributed by atoms with Crippen LogP contribution in [0.1, 0.15) is 43.1 Å². The Balaban J connectivity index is 1.99. The van der Waals surface area contributed by atoms with Gasteiger partial charge in [-0.05, 0) is 25.2 Å². The second-order valence-electron chi connectivity index (χ2n) is 6.62. The van der Waals surface area contributed by atoms with Gasteiger partial charge < -0.3 is 9.47 Å². The minimum absolute atomic E-state index is 0.113. The molecule has 1 aliphatic heterocycles. The molecule has 7 nitrogen and oxygen atoms in total. The van der Waals surface area contributed by atoms with Crippen LogP contribution in [0.2, 0.25) is 0 Å². The average Bonchev–Trinajstić information content (AvgIpc) is 3.01. The number of benzene rings is 1. The molecule has 0 aliphatic carbocycles. The first-order chi connectivity index (χ1) is 13.5. The van der Waals surface area contributed by atoms with Crippen molar-refractivity contribution in [3.8, 4) is 0 Å². The van der Waals surface area contributed by atoms with Crippen molar-refractivity contribution in [2.75, 3.05) is 13.4 Å². The lowest BCUT2D eigenvalue weighted by molar-refractivity contribution is -0.148. The maximum Gasteiger partial charge on any atom is 0.411 e. The quantitative estimate of drug-likeness (QED) is 0.429. The third-order valence-corrected chi connectivity index (χ3v) is 5.68. The number of fused-ring (bicyclic) bond motifs is 1. The van der Waals surface area contributed by atoms with Gasteiger partial charge in [-0.15, -0.1) is 0 Å². The van der Waals surface area contributed by atoms with Crippen molar-refractivity contribution in [3.63, 3.8) is 0 Å². The van der Waals surface area contributed by atoms with E-state index in [2.05, 4.69) is 9.97 Å². The molecule has 0 N–H and O–H groups in total. The number of methoxy groups -OCH3 is 1. The molecule has 1 amide bonds. The molecule has 0 radical (unpaired) electrons. The zero-order chi connectivity index (χ0) is 20.3. The Labute approximate surface area is 168 Å². The Kier molecular flexibility index (Phi) is 5.88. The molecule has 3 rings (SSSR count). The molecule has 0 saturated heterocycles. The van der Waals surface area contributed by atoms with E-state index in [1.165, 1.54) is 23.8 Å². The van der Waals surface area contributed by atoms with Gasteiger partial charge in [-0.3, -0.25) is 4.90 Å². The summed E-state index contributed by atoms with van der Waals surface area (Å²) in [7, 11) is 1.30. The van der Waals surface area contributed by atoms with Crippen LogP contribution >= 0.6 is 11.8 Å². The van der Waals surface area contributed by atoms with Gasteiger partial charge in [-0.1, -0.05) is 49.0 Å². The van der Waals surface area contributed by atoms with Crippen LogP contribution in [0.15, 0.2) is 41.7 Å². The molecule has 1 aromatic heterocycles. The first-order valence-electron chi connectivity index (χ1n) is 8.95. The maximum absolute atomic E-state index is 13.1. The normalized spacial score (nSPS) is 20.6. The van der Waals surface area contributed by atoms with Gasteiger partial charge in [0.15, 0.2) is 11.2 Å². The lowest BCUT2D eigenvalue weighted by atomic mass is 9.92. The highest BCUT2D eigenvalue weighted by Gasteiger charge is 2.54. The van der Waals surface area contributed by atoms with E-state index in [4.69, 9.17) is 9.47 Å². The Hall–Kier alpha value is -2.61. The summed E-state index contributed by atoms with van der Waals surface area (Å²) in [6, 6.07) is 8.43. The molecule has 2 aromatic rings. The van der Waals surface area contributed by atoms with Gasteiger partial charge in [0, 0.05) is 11.8 Å². The fourth-order valence-corrected chi connectivity index (χ4v) is 3.77. The summed E-state index contributed by atoms with van der Waals surface area (Å²) < 4.78 is 10.5. The molecule has 8 heteroatoms. The minimum atomic E-state index is -0.970. The molecule has 148 valence electrons. The van der Waals surface area contributed by atoms with Crippen LogP contribution < -0.4 is 0 Å². The molecule has 28 heavy (non-hydrogen) atoms. The standard InChI is InChI=1S/C20H23N3O4S/c1-5-20(2)14-11-21-18(28-4)22-15(14)16(17(24)26-3)23(20)19(25)27-12-13-9-7-6-8-10-13/h6-11,16H,5,12H2,1-4H3. The fraction of sp³-hybridized carbons (Fsp3) is 0.400. The lowest BCUT2D eigenvalue weighted by Crippen LogP contribution is -2.46. The minimum Gasteiger partial charge on any atom is -0.467 e. The van der Waals surface area contributed by atoms with Crippen molar-refractivity contribution in [2.24, 2.45) is 0 Å². The highest BCUT2D eigenvalue weighted by atomic mass is 32.2. The summed E-state index contributed by atoms with van der Waals surface area (Å²) in [6.07, 6.45) is 3.52. The third-order valence-electron chi connectivity index (χ3n) is 5.12. The fourth-order valence-electron chi connectivity index (χ4n) is 3.42. The SMILES string of the molecule is CCC1(C)c2cnc(SC)nc2C(C(=O)OC)N1C(=O)OCc1ccccc1. The predicted octanol–water partition coefficient (Wildman–Crippen LogP) is 3.69. The Morgan fingerprint density at radius 2 is 2.00 bits per heavy atom. The van der Waals surface area contributed by atoms with Crippen LogP contribution in [0.3, 0.4) is 0 Å². The first-order valence-corrected chi connectivity index (χ1v) is 10.2. The van der Waals surface area contributed by atoms with E-state index < -0.39 is 23.6 Å². The van der Waals surface area contributed by atoms with Crippen LogP contribution in [0.4, 0.5) is 4.79 Å². The molecule has 2 heterocycles. The lowest BCUT2D eigenvalue weighted by Gasteiger charge is -2.36. The second kappa shape index (κ2) is 8.18. The number of carbonyl (C=O) groups is 2. The summed E-state index contributed by atoms with van der Waals surface area (Å²) in [5, 5.41) is 0.533. The van der Waals surface area contributed by atoms with E-state index in [-0.39, 0.29) is 6.61 Å². The van der Waals surface area contributed by atoms with E-state index in [9.17, 15) is 9.59 Å². The van der Waals surface area contributed by atoms with Crippen LogP contribution in [-0.4, -0.2) is 40.3 Å². The molecule has 0 bridgehead atoms. The number of carbonyl (C=O) groups excluding carboxylic acids is 2. The number of nitrogens with zero attached hydrogens (tertiary/aromatic N) is 3. The predicted molar refractivity (Wildman–Crippen MR) is 105 cm³/mol. The summed E-state index contributed by atoms with van der Waals surface area (Å²) in [6.45, 7) is 3.95. The molecular weight excluding hydrogens is 378 g/mol. The van der Waals surface area contributed by atoms with Gasteiger partial charge >= 0.3 is 12.1 Å². The van der Waals surface area contributed by atoms with Crippen LogP contribution in [0.5, 0.6) is 0 Å². The zero-order valence-electron chi connectivity index (χ0n) is 16.3. The van der Waals surface area contributed by atoms with Crippen molar-refractivity contribution >= 4 is 23.8 Å². The average molecular weight is 401 g/mol. The number of rotatable bonds is 5. The topological polar surface area (TPSA) is 81.6 Å². The number of esters is 1. The molecule has 0 spiro atoms. The van der Waals surface area contributed by atoms with Gasteiger partial charge in [0.1, 0.15) is 6.61 Å². The third kappa shape index (κ3) is 3.44. The number of hydrogen-bond acceptors (Lipinski definition) is 7. The summed E-state index contributed by atoms with van der Waals surface area (Å²) in [4.78, 5) is 36.0. The van der Waals surface area contributed by atoms with Gasteiger partial charge in [0.2, 0.25) is 0 Å². The number of amides is 1. The Morgan fingerprint density at radius 1 is 1.29 bits per heavy atom. The highest BCUT2D eigenvalue weighted by Crippen LogP contribution is 2.48. The molecule has 0 saturated carbocycles. The van der Waals surface area contributed by atoms with Gasteiger partial charge in [-0.25, -0.2) is 19.6 Å². The van der Waals surface area contributed by atoms with Crippen molar-refractivity contribution in [1.82, 2.24) is 14.9 Å². The maximum atomic E-state index is 13.1. The van der Waals surface area contributed by atoms with Crippen LogP contribution in [0.25, 0.3) is 0 Å². The molecular formula is C20H23N3O4S. The first kappa shape index (κ1) is 20.1. The van der Waals surface area contributed by atoms with E-state index >= 15 is 0 Å². The van der Waals surface area contributed by atoms with E-state index in [0.29, 0.717) is 17.3 Å². The molecule has 0 fully saturated rings. The van der Waals surface area contributed by atoms with Crippen LogP contribution in [0, 0.1) is 0 Å². The number of hydrogen-bond donors (Lipinski definition) is 0. The Morgan fingerprint density at radius 3 is 2.61 bits per heavy atom. The van der Waals surface area contributed by atoms with Crippen molar-refractivity contribution in [3.05, 3.63) is 53.3 Å². The monoisotopic (exact) mass is 401 g/mol. The second-order valence-corrected chi connectivity index (χ2v) is 7.39. The number of aromatic nitrogens is 2. The molecule has 2 unspecified atom stereocenters. The largest absolute Gasteiger partial charge is 0.467 e. The number of ether oxygens (including phenoxy) is 2. The molecule has 2 atom stereocenters. The summed E-state index contributed by atoms with van der Waals surface area (Å²) in [5.74, 6) is -0.555. The van der Waals surface area contributed by atoms with Gasteiger partial charge in [0.25, 0.3) is 0 Å². The van der Waals surface area contributed by atoms with Gasteiger partial charge in [-0.2, -0.15) is 0 Å². The summed E-state index contributed by atoms with van der Waals surface area (Å²) >= 11 is 1.37. The summed E-state index contributed by atoms with van der Waals surface area (Å²) in [5.41, 5.74) is 1.32. The van der Waals surface area contributed by atoms with E-state index in [1.54, 1.807) is 6.20 Å². The number of thioether (sulfide) groups is 1. The van der Waals surface area contributed by atoms with E-state index in [1.807, 2.05) is 50.4 Å². The van der Waals surface area contributed by atoms with E-state index in [0.717, 1.165) is 11.1 Å². The van der Waals surface area contributed by atoms with Crippen molar-refractivity contribution < 1.29 is 19.1 Å². The Bertz CT molecular complexity index is 877. The van der Waals surface area contributed by atoms with Gasteiger partial charge in [0.05, 0.1) is 18.3 Å². The van der Waals surface area contributed by atoms with Crippen molar-refractivity contribution in [2.45, 2.75) is 43.6 Å². The highest BCUT2D eigenvalue weighted by molar-refractivity contribution is 7.98.